The number of hydrogen-bond donors (Lipinski definition) is 1. The van der Waals surface area contributed by atoms with Crippen LogP contribution in [0.2, 0.25) is 5.02 Å². The average molecular weight is 239 g/mol. The molecule has 88 valence electrons. The highest BCUT2D eigenvalue weighted by Crippen LogP contribution is 2.35. The molecule has 2 nitrogen and oxygen atoms in total. The van der Waals surface area contributed by atoms with Gasteiger partial charge in [-0.1, -0.05) is 23.7 Å². The minimum absolute atomic E-state index is 0.428. The zero-order valence-electron chi connectivity index (χ0n) is 9.70. The van der Waals surface area contributed by atoms with E-state index >= 15 is 0 Å². The van der Waals surface area contributed by atoms with E-state index in [1.165, 1.54) is 18.4 Å². The Morgan fingerprint density at radius 2 is 2.31 bits per heavy atom. The van der Waals surface area contributed by atoms with Gasteiger partial charge in [0.15, 0.2) is 0 Å². The quantitative estimate of drug-likeness (QED) is 0.859. The van der Waals surface area contributed by atoms with E-state index in [1.54, 1.807) is 0 Å². The van der Waals surface area contributed by atoms with Gasteiger partial charge in [-0.05, 0) is 56.6 Å². The molecule has 2 N–H and O–H groups in total. The van der Waals surface area contributed by atoms with E-state index < -0.39 is 0 Å². The van der Waals surface area contributed by atoms with Gasteiger partial charge in [0.05, 0.1) is 0 Å². The summed E-state index contributed by atoms with van der Waals surface area (Å²) in [7, 11) is 2.17. The third-order valence-electron chi connectivity index (χ3n) is 3.50. The van der Waals surface area contributed by atoms with Crippen LogP contribution >= 0.6 is 11.6 Å². The molecular formula is C13H19ClN2. The Labute approximate surface area is 102 Å². The van der Waals surface area contributed by atoms with Gasteiger partial charge < -0.3 is 5.73 Å². The first kappa shape index (κ1) is 11.9. The van der Waals surface area contributed by atoms with Gasteiger partial charge in [0.2, 0.25) is 0 Å². The molecule has 1 heterocycles. The second-order valence-electron chi connectivity index (χ2n) is 4.62. The number of rotatable bonds is 2. The maximum atomic E-state index is 6.05. The first-order chi connectivity index (χ1) is 7.72. The minimum Gasteiger partial charge on any atom is -0.330 e. The number of hydrogen-bond acceptors (Lipinski definition) is 2. The molecule has 1 aromatic rings. The number of piperidine rings is 1. The van der Waals surface area contributed by atoms with E-state index in [0.717, 1.165) is 18.1 Å². The van der Waals surface area contributed by atoms with Crippen LogP contribution in [0.5, 0.6) is 0 Å². The van der Waals surface area contributed by atoms with E-state index in [9.17, 15) is 0 Å². The third-order valence-corrected chi connectivity index (χ3v) is 3.74. The molecule has 0 aliphatic carbocycles. The summed E-state index contributed by atoms with van der Waals surface area (Å²) in [5.41, 5.74) is 7.17. The lowest BCUT2D eigenvalue weighted by molar-refractivity contribution is 0.125. The molecule has 0 saturated carbocycles. The summed E-state index contributed by atoms with van der Waals surface area (Å²) in [5, 5.41) is 0.812. The van der Waals surface area contributed by atoms with Crippen molar-refractivity contribution in [2.75, 3.05) is 20.1 Å². The molecule has 0 spiro atoms. The summed E-state index contributed by atoms with van der Waals surface area (Å²) in [6, 6.07) is 8.59. The Balaban J connectivity index is 2.28. The highest BCUT2D eigenvalue weighted by Gasteiger charge is 2.29. The average Bonchev–Trinajstić information content (AvgIpc) is 2.28. The summed E-state index contributed by atoms with van der Waals surface area (Å²) >= 11 is 6.05. The number of halogens is 1. The molecular weight excluding hydrogens is 220 g/mol. The van der Waals surface area contributed by atoms with Crippen molar-refractivity contribution in [2.45, 2.75) is 18.9 Å². The van der Waals surface area contributed by atoms with Gasteiger partial charge in [-0.2, -0.15) is 0 Å². The van der Waals surface area contributed by atoms with Crippen LogP contribution in [0.25, 0.3) is 0 Å². The highest BCUT2D eigenvalue weighted by atomic mass is 35.5. The van der Waals surface area contributed by atoms with Crippen LogP contribution in [0.1, 0.15) is 24.4 Å². The van der Waals surface area contributed by atoms with Crippen molar-refractivity contribution in [3.63, 3.8) is 0 Å². The fourth-order valence-corrected chi connectivity index (χ4v) is 2.92. The molecule has 0 bridgehead atoms. The normalized spacial score (nSPS) is 26.9. The number of nitrogens with two attached hydrogens (primary N) is 1. The lowest BCUT2D eigenvalue weighted by Gasteiger charge is -2.39. The van der Waals surface area contributed by atoms with Crippen molar-refractivity contribution in [1.82, 2.24) is 4.90 Å². The number of benzene rings is 1. The van der Waals surface area contributed by atoms with Gasteiger partial charge in [-0.15, -0.1) is 0 Å². The van der Waals surface area contributed by atoms with Crippen LogP contribution in [0.3, 0.4) is 0 Å². The maximum Gasteiger partial charge on any atom is 0.0409 e. The van der Waals surface area contributed by atoms with E-state index in [1.807, 2.05) is 12.1 Å². The summed E-state index contributed by atoms with van der Waals surface area (Å²) in [4.78, 5) is 2.40. The van der Waals surface area contributed by atoms with Gasteiger partial charge in [-0.3, -0.25) is 4.90 Å². The Morgan fingerprint density at radius 1 is 1.50 bits per heavy atom. The Hall–Kier alpha value is -0.570. The van der Waals surface area contributed by atoms with Crippen LogP contribution in [-0.2, 0) is 0 Å². The van der Waals surface area contributed by atoms with Crippen molar-refractivity contribution in [3.05, 3.63) is 34.9 Å². The summed E-state index contributed by atoms with van der Waals surface area (Å²) in [6.45, 7) is 1.90. The predicted octanol–water partition coefficient (Wildman–Crippen LogP) is 2.68. The standard InChI is InChI=1S/C13H19ClN2/c1-16-7-3-5-11(9-15)13(16)10-4-2-6-12(14)8-10/h2,4,6,8,11,13H,3,5,7,9,15H2,1H3/t11-,13-/m1/s1. The van der Waals surface area contributed by atoms with Crippen LogP contribution in [0.4, 0.5) is 0 Å². The monoisotopic (exact) mass is 238 g/mol. The molecule has 1 aliphatic rings. The van der Waals surface area contributed by atoms with Crippen molar-refractivity contribution >= 4 is 11.6 Å². The number of likely N-dealkylation sites (tertiary alicyclic amines) is 1. The van der Waals surface area contributed by atoms with Gasteiger partial charge in [0, 0.05) is 11.1 Å². The van der Waals surface area contributed by atoms with Gasteiger partial charge in [0.1, 0.15) is 0 Å². The van der Waals surface area contributed by atoms with E-state index in [2.05, 4.69) is 24.1 Å². The van der Waals surface area contributed by atoms with Crippen molar-refractivity contribution in [1.29, 1.82) is 0 Å². The maximum absolute atomic E-state index is 6.05. The molecule has 1 saturated heterocycles. The summed E-state index contributed by atoms with van der Waals surface area (Å²) in [5.74, 6) is 0.553. The third kappa shape index (κ3) is 2.40. The molecule has 0 radical (unpaired) electrons. The summed E-state index contributed by atoms with van der Waals surface area (Å²) < 4.78 is 0. The fraction of sp³-hybridized carbons (Fsp3) is 0.538. The lowest BCUT2D eigenvalue weighted by atomic mass is 9.85. The van der Waals surface area contributed by atoms with Crippen molar-refractivity contribution in [3.8, 4) is 0 Å². The molecule has 1 aliphatic heterocycles. The fourth-order valence-electron chi connectivity index (χ4n) is 2.72. The second-order valence-corrected chi connectivity index (χ2v) is 5.05. The van der Waals surface area contributed by atoms with Gasteiger partial charge in [0.25, 0.3) is 0 Å². The van der Waals surface area contributed by atoms with Crippen molar-refractivity contribution in [2.24, 2.45) is 11.7 Å². The Morgan fingerprint density at radius 3 is 3.00 bits per heavy atom. The largest absolute Gasteiger partial charge is 0.330 e. The smallest absolute Gasteiger partial charge is 0.0409 e. The van der Waals surface area contributed by atoms with Crippen LogP contribution in [-0.4, -0.2) is 25.0 Å². The molecule has 3 heteroatoms. The highest BCUT2D eigenvalue weighted by molar-refractivity contribution is 6.30. The summed E-state index contributed by atoms with van der Waals surface area (Å²) in [6.07, 6.45) is 2.47. The van der Waals surface area contributed by atoms with Crippen molar-refractivity contribution < 1.29 is 0 Å². The molecule has 16 heavy (non-hydrogen) atoms. The molecule has 1 aromatic carbocycles. The van der Waals surface area contributed by atoms with Gasteiger partial charge >= 0.3 is 0 Å². The minimum atomic E-state index is 0.428. The van der Waals surface area contributed by atoms with E-state index in [4.69, 9.17) is 17.3 Å². The second kappa shape index (κ2) is 5.17. The van der Waals surface area contributed by atoms with Crippen LogP contribution in [0.15, 0.2) is 24.3 Å². The topological polar surface area (TPSA) is 29.3 Å². The Bertz CT molecular complexity index is 354. The molecule has 0 unspecified atom stereocenters. The molecule has 1 fully saturated rings. The van der Waals surface area contributed by atoms with Gasteiger partial charge in [-0.25, -0.2) is 0 Å². The molecule has 2 atom stereocenters. The first-order valence-electron chi connectivity index (χ1n) is 5.88. The SMILES string of the molecule is CN1CCC[C@H](CN)[C@H]1c1cccc(Cl)c1. The van der Waals surface area contributed by atoms with Crippen LogP contribution < -0.4 is 5.73 Å². The molecule has 0 amide bonds. The van der Waals surface area contributed by atoms with E-state index in [-0.39, 0.29) is 0 Å². The molecule has 0 aromatic heterocycles. The van der Waals surface area contributed by atoms with Crippen LogP contribution in [0, 0.1) is 5.92 Å². The number of nitrogens with zero attached hydrogens (tertiary/aromatic N) is 1. The zero-order valence-corrected chi connectivity index (χ0v) is 10.5. The molecule has 2 rings (SSSR count). The lowest BCUT2D eigenvalue weighted by Crippen LogP contribution is -2.39. The Kier molecular flexibility index (Phi) is 3.85. The predicted molar refractivity (Wildman–Crippen MR) is 68.6 cm³/mol. The zero-order chi connectivity index (χ0) is 11.5. The van der Waals surface area contributed by atoms with E-state index in [0.29, 0.717) is 12.0 Å². The first-order valence-corrected chi connectivity index (χ1v) is 6.26.